The number of ether oxygens (including phenoxy) is 1. The van der Waals surface area contributed by atoms with E-state index in [1.54, 1.807) is 0 Å². The first kappa shape index (κ1) is 13.5. The van der Waals surface area contributed by atoms with Crippen LogP contribution in [0.4, 0.5) is 11.4 Å². The van der Waals surface area contributed by atoms with Gasteiger partial charge in [-0.15, -0.1) is 0 Å². The van der Waals surface area contributed by atoms with Gasteiger partial charge in [-0.25, -0.2) is 0 Å². The second kappa shape index (κ2) is 5.48. The molecule has 1 unspecified atom stereocenters. The Bertz CT molecular complexity index is 655. The zero-order valence-corrected chi connectivity index (χ0v) is 12.0. The predicted octanol–water partition coefficient (Wildman–Crippen LogP) is 2.74. The Balaban J connectivity index is 1.94. The zero-order valence-electron chi connectivity index (χ0n) is 12.0. The quantitative estimate of drug-likeness (QED) is 0.694. The lowest BCUT2D eigenvalue weighted by molar-refractivity contribution is 0.0961. The van der Waals surface area contributed by atoms with Gasteiger partial charge in [0.1, 0.15) is 18.0 Å². The highest BCUT2D eigenvalue weighted by Crippen LogP contribution is 2.38. The van der Waals surface area contributed by atoms with Gasteiger partial charge < -0.3 is 15.4 Å². The number of nitrogens with two attached hydrogens (primary N) is 1. The molecule has 1 heterocycles. The van der Waals surface area contributed by atoms with Crippen LogP contribution in [-0.4, -0.2) is 25.0 Å². The van der Waals surface area contributed by atoms with Crippen molar-refractivity contribution in [1.82, 2.24) is 0 Å². The third-order valence-corrected chi connectivity index (χ3v) is 3.81. The average Bonchev–Trinajstić information content (AvgIpc) is 2.54. The van der Waals surface area contributed by atoms with Gasteiger partial charge in [-0.3, -0.25) is 4.79 Å². The Labute approximate surface area is 124 Å². The van der Waals surface area contributed by atoms with Gasteiger partial charge in [0.2, 0.25) is 0 Å². The maximum atomic E-state index is 12.6. The van der Waals surface area contributed by atoms with E-state index in [2.05, 4.69) is 0 Å². The number of hydrogen-bond donors (Lipinski definition) is 1. The van der Waals surface area contributed by atoms with Crippen molar-refractivity contribution in [1.29, 1.82) is 0 Å². The molecule has 21 heavy (non-hydrogen) atoms. The van der Waals surface area contributed by atoms with Gasteiger partial charge in [-0.1, -0.05) is 36.4 Å². The smallest absolute Gasteiger partial charge is 0.184 e. The summed E-state index contributed by atoms with van der Waals surface area (Å²) in [5.74, 6) is 0.834. The molecule has 1 aliphatic heterocycles. The van der Waals surface area contributed by atoms with Gasteiger partial charge in [-0.05, 0) is 19.1 Å². The second-order valence-corrected chi connectivity index (χ2v) is 5.14. The molecule has 0 spiro atoms. The van der Waals surface area contributed by atoms with E-state index < -0.39 is 0 Å². The van der Waals surface area contributed by atoms with Gasteiger partial charge in [0.05, 0.1) is 18.3 Å². The van der Waals surface area contributed by atoms with Crippen molar-refractivity contribution in [2.24, 2.45) is 0 Å². The first-order valence-corrected chi connectivity index (χ1v) is 7.05. The summed E-state index contributed by atoms with van der Waals surface area (Å²) in [6, 6.07) is 14.6. The number of anilines is 2. The van der Waals surface area contributed by atoms with E-state index in [9.17, 15) is 4.79 Å². The molecule has 2 aromatic carbocycles. The number of carbonyl (C=O) groups is 1. The number of Topliss-reactive ketones (excluding diaryl/α,β-unsaturated/α-hetero) is 1. The molecule has 1 aliphatic rings. The van der Waals surface area contributed by atoms with E-state index >= 15 is 0 Å². The Hall–Kier alpha value is -2.49. The van der Waals surface area contributed by atoms with Crippen molar-refractivity contribution in [3.8, 4) is 5.75 Å². The fourth-order valence-electron chi connectivity index (χ4n) is 2.70. The molecule has 0 saturated carbocycles. The zero-order chi connectivity index (χ0) is 14.8. The minimum atomic E-state index is -0.278. The molecule has 0 amide bonds. The summed E-state index contributed by atoms with van der Waals surface area (Å²) in [6.45, 7) is 3.13. The molecular formula is C17H18N2O2. The maximum absolute atomic E-state index is 12.6. The van der Waals surface area contributed by atoms with E-state index in [-0.39, 0.29) is 11.8 Å². The minimum Gasteiger partial charge on any atom is -0.489 e. The number of hydrogen-bond acceptors (Lipinski definition) is 4. The van der Waals surface area contributed by atoms with Crippen LogP contribution in [0.25, 0.3) is 0 Å². The van der Waals surface area contributed by atoms with E-state index in [1.165, 1.54) is 0 Å². The molecule has 2 aromatic rings. The molecule has 0 saturated heterocycles. The molecule has 108 valence electrons. The van der Waals surface area contributed by atoms with Crippen molar-refractivity contribution < 1.29 is 9.53 Å². The van der Waals surface area contributed by atoms with Gasteiger partial charge in [0.15, 0.2) is 5.78 Å². The second-order valence-electron chi connectivity index (χ2n) is 5.14. The summed E-state index contributed by atoms with van der Waals surface area (Å²) in [5, 5.41) is 0. The first-order valence-electron chi connectivity index (χ1n) is 7.05. The topological polar surface area (TPSA) is 55.6 Å². The molecule has 4 nitrogen and oxygen atoms in total. The molecule has 3 rings (SSSR count). The summed E-state index contributed by atoms with van der Waals surface area (Å²) in [6.07, 6.45) is 0. The third kappa shape index (κ3) is 2.44. The Morgan fingerprint density at radius 2 is 1.95 bits per heavy atom. The average molecular weight is 282 g/mol. The van der Waals surface area contributed by atoms with Crippen LogP contribution >= 0.6 is 0 Å². The summed E-state index contributed by atoms with van der Waals surface area (Å²) >= 11 is 0. The molecule has 0 fully saturated rings. The molecule has 2 N–H and O–H groups in total. The van der Waals surface area contributed by atoms with Crippen LogP contribution in [0.2, 0.25) is 0 Å². The van der Waals surface area contributed by atoms with Crippen molar-refractivity contribution in [3.05, 3.63) is 54.1 Å². The van der Waals surface area contributed by atoms with Crippen molar-refractivity contribution in [2.45, 2.75) is 13.0 Å². The first-order chi connectivity index (χ1) is 10.2. The standard InChI is InChI=1S/C17H18N2O2/c1-12(17(20)13-6-3-2-4-7-13)19-10-11-21-15-9-5-8-14(18)16(15)19/h2-9,12H,10-11,18H2,1H3. The van der Waals surface area contributed by atoms with Crippen LogP contribution < -0.4 is 15.4 Å². The summed E-state index contributed by atoms with van der Waals surface area (Å²) in [5.41, 5.74) is 8.25. The Morgan fingerprint density at radius 1 is 1.19 bits per heavy atom. The van der Waals surface area contributed by atoms with E-state index in [0.29, 0.717) is 24.4 Å². The van der Waals surface area contributed by atoms with Crippen molar-refractivity contribution >= 4 is 17.2 Å². The Morgan fingerprint density at radius 3 is 2.71 bits per heavy atom. The number of nitrogen functional groups attached to an aromatic ring is 1. The lowest BCUT2D eigenvalue weighted by atomic mass is 10.0. The van der Waals surface area contributed by atoms with E-state index in [1.807, 2.05) is 60.4 Å². The van der Waals surface area contributed by atoms with Gasteiger partial charge in [0, 0.05) is 5.56 Å². The van der Waals surface area contributed by atoms with Crippen molar-refractivity contribution in [3.63, 3.8) is 0 Å². The maximum Gasteiger partial charge on any atom is 0.184 e. The fourth-order valence-corrected chi connectivity index (χ4v) is 2.70. The fraction of sp³-hybridized carbons (Fsp3) is 0.235. The number of fused-ring (bicyclic) bond motifs is 1. The summed E-state index contributed by atoms with van der Waals surface area (Å²) < 4.78 is 5.64. The number of carbonyl (C=O) groups excluding carboxylic acids is 1. The Kier molecular flexibility index (Phi) is 3.52. The van der Waals surface area contributed by atoms with E-state index in [4.69, 9.17) is 10.5 Å². The molecule has 4 heteroatoms. The summed E-state index contributed by atoms with van der Waals surface area (Å²) in [4.78, 5) is 14.7. The lowest BCUT2D eigenvalue weighted by Gasteiger charge is -2.36. The minimum absolute atomic E-state index is 0.0895. The SMILES string of the molecule is CC(C(=O)c1ccccc1)N1CCOc2cccc(N)c21. The van der Waals surface area contributed by atoms with Crippen LogP contribution in [-0.2, 0) is 0 Å². The molecule has 0 radical (unpaired) electrons. The third-order valence-electron chi connectivity index (χ3n) is 3.81. The number of ketones is 1. The molecular weight excluding hydrogens is 264 g/mol. The number of para-hydroxylation sites is 1. The highest BCUT2D eigenvalue weighted by Gasteiger charge is 2.29. The van der Waals surface area contributed by atoms with Gasteiger partial charge >= 0.3 is 0 Å². The predicted molar refractivity (Wildman–Crippen MR) is 83.9 cm³/mol. The van der Waals surface area contributed by atoms with Gasteiger partial charge in [-0.2, -0.15) is 0 Å². The number of nitrogens with zero attached hydrogens (tertiary/aromatic N) is 1. The van der Waals surface area contributed by atoms with Crippen LogP contribution in [0, 0.1) is 0 Å². The molecule has 0 aromatic heterocycles. The highest BCUT2D eigenvalue weighted by atomic mass is 16.5. The van der Waals surface area contributed by atoms with Crippen LogP contribution in [0.5, 0.6) is 5.75 Å². The highest BCUT2D eigenvalue weighted by molar-refractivity contribution is 6.02. The number of rotatable bonds is 3. The molecule has 1 atom stereocenters. The van der Waals surface area contributed by atoms with Crippen molar-refractivity contribution in [2.75, 3.05) is 23.8 Å². The monoisotopic (exact) mass is 282 g/mol. The largest absolute Gasteiger partial charge is 0.489 e. The van der Waals surface area contributed by atoms with Crippen LogP contribution in [0.15, 0.2) is 48.5 Å². The van der Waals surface area contributed by atoms with Gasteiger partial charge in [0.25, 0.3) is 0 Å². The normalized spacial score (nSPS) is 15.0. The van der Waals surface area contributed by atoms with Crippen LogP contribution in [0.1, 0.15) is 17.3 Å². The van der Waals surface area contributed by atoms with E-state index in [0.717, 1.165) is 11.4 Å². The lowest BCUT2D eigenvalue weighted by Crippen LogP contribution is -2.44. The summed E-state index contributed by atoms with van der Waals surface area (Å²) in [7, 11) is 0. The molecule has 0 aliphatic carbocycles. The van der Waals surface area contributed by atoms with Crippen LogP contribution in [0.3, 0.4) is 0 Å². The number of benzene rings is 2. The molecule has 0 bridgehead atoms.